The number of Topliss-reactive ketones (excluding diaryl/α,β-unsaturated/α-hetero) is 1. The molecule has 1 saturated heterocycles. The van der Waals surface area contributed by atoms with E-state index in [2.05, 4.69) is 6.92 Å². The number of sulfone groups is 1. The minimum absolute atomic E-state index is 0.0426. The predicted molar refractivity (Wildman–Crippen MR) is 83.7 cm³/mol. The Balaban J connectivity index is 2.04. The Morgan fingerprint density at radius 2 is 2.15 bits per heavy atom. The monoisotopic (exact) mass is 319 g/mol. The van der Waals surface area contributed by atoms with Crippen molar-refractivity contribution in [3.8, 4) is 0 Å². The van der Waals surface area contributed by atoms with E-state index in [-0.39, 0.29) is 5.92 Å². The van der Waals surface area contributed by atoms with Crippen LogP contribution in [0.3, 0.4) is 0 Å². The van der Waals surface area contributed by atoms with Crippen molar-refractivity contribution in [2.75, 3.05) is 30.9 Å². The minimum atomic E-state index is -3.07. The average molecular weight is 319 g/mol. The topological polar surface area (TPSA) is 54.5 Å². The van der Waals surface area contributed by atoms with Crippen LogP contribution in [0.5, 0.6) is 0 Å². The molecular weight excluding hydrogens is 294 g/mol. The standard InChI is InChI=1S/C14H25NO3S2/c1-3-11-4-5-13(16)12(8-11)9-15-6-7-19-10-14(15)20(2,17)18/h11-12,14H,3-10H2,1-2H3. The number of rotatable bonds is 4. The lowest BCUT2D eigenvalue weighted by Gasteiger charge is -2.38. The van der Waals surface area contributed by atoms with Crippen LogP contribution in [-0.2, 0) is 14.6 Å². The first-order valence-electron chi connectivity index (χ1n) is 7.45. The maximum absolute atomic E-state index is 12.1. The molecule has 0 aromatic rings. The number of thioether (sulfide) groups is 1. The summed E-state index contributed by atoms with van der Waals surface area (Å²) >= 11 is 1.70. The van der Waals surface area contributed by atoms with Crippen LogP contribution in [0, 0.1) is 11.8 Å². The van der Waals surface area contributed by atoms with Crippen molar-refractivity contribution in [2.45, 2.75) is 38.0 Å². The van der Waals surface area contributed by atoms with Gasteiger partial charge in [-0.05, 0) is 18.8 Å². The molecule has 3 atom stereocenters. The zero-order chi connectivity index (χ0) is 14.8. The van der Waals surface area contributed by atoms with E-state index in [0.717, 1.165) is 31.6 Å². The van der Waals surface area contributed by atoms with Crippen molar-refractivity contribution in [1.29, 1.82) is 0 Å². The predicted octanol–water partition coefficient (Wildman–Crippen LogP) is 1.80. The highest BCUT2D eigenvalue weighted by Crippen LogP contribution is 2.31. The molecule has 4 nitrogen and oxygen atoms in total. The first-order valence-corrected chi connectivity index (χ1v) is 10.6. The lowest BCUT2D eigenvalue weighted by atomic mass is 9.79. The lowest BCUT2D eigenvalue weighted by Crippen LogP contribution is -2.50. The van der Waals surface area contributed by atoms with E-state index >= 15 is 0 Å². The number of carbonyl (C=O) groups excluding carboxylic acids is 1. The third-order valence-corrected chi connectivity index (χ3v) is 7.28. The fraction of sp³-hybridized carbons (Fsp3) is 0.929. The van der Waals surface area contributed by atoms with Gasteiger partial charge in [-0.2, -0.15) is 11.8 Å². The maximum Gasteiger partial charge on any atom is 0.164 e. The zero-order valence-electron chi connectivity index (χ0n) is 12.4. The Bertz CT molecular complexity index is 449. The summed E-state index contributed by atoms with van der Waals surface area (Å²) in [5, 5.41) is -0.406. The highest BCUT2D eigenvalue weighted by molar-refractivity contribution is 8.00. The number of hydrogen-bond acceptors (Lipinski definition) is 5. The van der Waals surface area contributed by atoms with Gasteiger partial charge in [0.05, 0.1) is 0 Å². The number of ketones is 1. The first kappa shape index (κ1) is 16.3. The molecule has 2 fully saturated rings. The van der Waals surface area contributed by atoms with Crippen LogP contribution in [-0.4, -0.2) is 55.3 Å². The van der Waals surface area contributed by atoms with Crippen LogP contribution in [0.15, 0.2) is 0 Å². The fourth-order valence-electron chi connectivity index (χ4n) is 3.25. The molecule has 2 aliphatic rings. The molecule has 1 aliphatic heterocycles. The second kappa shape index (κ2) is 6.79. The van der Waals surface area contributed by atoms with Crippen molar-refractivity contribution in [3.63, 3.8) is 0 Å². The molecule has 3 unspecified atom stereocenters. The number of hydrogen-bond donors (Lipinski definition) is 0. The molecule has 0 N–H and O–H groups in total. The quantitative estimate of drug-likeness (QED) is 0.791. The molecule has 0 bridgehead atoms. The van der Waals surface area contributed by atoms with Crippen LogP contribution >= 0.6 is 11.8 Å². The summed E-state index contributed by atoms with van der Waals surface area (Å²) < 4.78 is 23.8. The van der Waals surface area contributed by atoms with Crippen molar-refractivity contribution >= 4 is 27.4 Å². The Kier molecular flexibility index (Phi) is 5.54. The largest absolute Gasteiger partial charge is 0.299 e. The molecule has 0 spiro atoms. The van der Waals surface area contributed by atoms with Crippen LogP contribution in [0.1, 0.15) is 32.6 Å². The molecule has 0 amide bonds. The normalized spacial score (nSPS) is 33.3. The molecular formula is C14H25NO3S2. The molecule has 0 aromatic carbocycles. The highest BCUT2D eigenvalue weighted by atomic mass is 32.2. The molecule has 1 aliphatic carbocycles. The summed E-state index contributed by atoms with van der Waals surface area (Å²) in [5.41, 5.74) is 0. The second-order valence-corrected chi connectivity index (χ2v) is 9.42. The van der Waals surface area contributed by atoms with E-state index < -0.39 is 15.2 Å². The molecule has 2 rings (SSSR count). The summed E-state index contributed by atoms with van der Waals surface area (Å²) in [6, 6.07) is 0. The van der Waals surface area contributed by atoms with Crippen LogP contribution in [0.25, 0.3) is 0 Å². The van der Waals surface area contributed by atoms with Crippen molar-refractivity contribution < 1.29 is 13.2 Å². The highest BCUT2D eigenvalue weighted by Gasteiger charge is 2.35. The maximum atomic E-state index is 12.1. The molecule has 0 radical (unpaired) electrons. The molecule has 1 heterocycles. The van der Waals surface area contributed by atoms with Crippen molar-refractivity contribution in [1.82, 2.24) is 4.90 Å². The molecule has 0 aromatic heterocycles. The average Bonchev–Trinajstić information content (AvgIpc) is 2.41. The Morgan fingerprint density at radius 1 is 1.40 bits per heavy atom. The summed E-state index contributed by atoms with van der Waals surface area (Å²) in [5.74, 6) is 2.61. The molecule has 20 heavy (non-hydrogen) atoms. The third kappa shape index (κ3) is 3.98. The summed E-state index contributed by atoms with van der Waals surface area (Å²) in [7, 11) is -3.07. The SMILES string of the molecule is CCC1CCC(=O)C(CN2CCSCC2S(C)(=O)=O)C1. The summed E-state index contributed by atoms with van der Waals surface area (Å²) in [6.45, 7) is 3.59. The smallest absolute Gasteiger partial charge is 0.164 e. The Labute approximate surface area is 126 Å². The van der Waals surface area contributed by atoms with Gasteiger partial charge in [-0.15, -0.1) is 0 Å². The van der Waals surface area contributed by atoms with E-state index in [1.807, 2.05) is 4.90 Å². The van der Waals surface area contributed by atoms with Crippen LogP contribution < -0.4 is 0 Å². The van der Waals surface area contributed by atoms with Gasteiger partial charge < -0.3 is 0 Å². The van der Waals surface area contributed by atoms with E-state index in [0.29, 0.717) is 30.4 Å². The van der Waals surface area contributed by atoms with Crippen LogP contribution in [0.4, 0.5) is 0 Å². The second-order valence-electron chi connectivity index (χ2n) is 6.07. The lowest BCUT2D eigenvalue weighted by molar-refractivity contribution is -0.126. The molecule has 116 valence electrons. The zero-order valence-corrected chi connectivity index (χ0v) is 14.0. The van der Waals surface area contributed by atoms with E-state index in [4.69, 9.17) is 0 Å². The van der Waals surface area contributed by atoms with E-state index in [1.165, 1.54) is 6.26 Å². The third-order valence-electron chi connectivity index (χ3n) is 4.59. The number of carbonyl (C=O) groups is 1. The molecule has 6 heteroatoms. The van der Waals surface area contributed by atoms with Crippen LogP contribution in [0.2, 0.25) is 0 Å². The van der Waals surface area contributed by atoms with Crippen molar-refractivity contribution in [3.05, 3.63) is 0 Å². The van der Waals surface area contributed by atoms with Gasteiger partial charge in [-0.25, -0.2) is 8.42 Å². The Hall–Kier alpha value is -0.0700. The molecule has 1 saturated carbocycles. The minimum Gasteiger partial charge on any atom is -0.299 e. The van der Waals surface area contributed by atoms with Gasteiger partial charge in [0, 0.05) is 43.2 Å². The summed E-state index contributed by atoms with van der Waals surface area (Å²) in [4.78, 5) is 14.1. The van der Waals surface area contributed by atoms with Gasteiger partial charge in [-0.1, -0.05) is 13.3 Å². The van der Waals surface area contributed by atoms with Gasteiger partial charge >= 0.3 is 0 Å². The van der Waals surface area contributed by atoms with Gasteiger partial charge in [0.15, 0.2) is 9.84 Å². The first-order chi connectivity index (χ1) is 9.41. The van der Waals surface area contributed by atoms with E-state index in [1.54, 1.807) is 11.8 Å². The summed E-state index contributed by atoms with van der Waals surface area (Å²) in [6.07, 6.45) is 5.06. The fourth-order valence-corrected chi connectivity index (χ4v) is 6.20. The van der Waals surface area contributed by atoms with Gasteiger partial charge in [0.1, 0.15) is 11.2 Å². The van der Waals surface area contributed by atoms with Gasteiger partial charge in [-0.3, -0.25) is 9.69 Å². The van der Waals surface area contributed by atoms with Gasteiger partial charge in [0.25, 0.3) is 0 Å². The van der Waals surface area contributed by atoms with E-state index in [9.17, 15) is 13.2 Å². The van der Waals surface area contributed by atoms with Crippen molar-refractivity contribution in [2.24, 2.45) is 11.8 Å². The number of nitrogens with zero attached hydrogens (tertiary/aromatic N) is 1. The Morgan fingerprint density at radius 3 is 2.80 bits per heavy atom. The van der Waals surface area contributed by atoms with Gasteiger partial charge in [0.2, 0.25) is 0 Å².